The molecular weight excluding hydrogens is 222 g/mol. The van der Waals surface area contributed by atoms with Crippen LogP contribution in [0, 0.1) is 11.3 Å². The molecule has 0 saturated heterocycles. The van der Waals surface area contributed by atoms with E-state index in [0.717, 1.165) is 12.5 Å². The minimum atomic E-state index is 0.405. The van der Waals surface area contributed by atoms with Crippen LogP contribution in [0.3, 0.4) is 0 Å². The Morgan fingerprint density at radius 1 is 1.33 bits per heavy atom. The third-order valence-electron chi connectivity index (χ3n) is 4.37. The average molecular weight is 249 g/mol. The highest BCUT2D eigenvalue weighted by atomic mass is 15.3. The van der Waals surface area contributed by atoms with Gasteiger partial charge in [0.05, 0.1) is 6.04 Å². The number of hydrogen-bond donors (Lipinski definition) is 1. The van der Waals surface area contributed by atoms with Gasteiger partial charge in [0.1, 0.15) is 0 Å². The van der Waals surface area contributed by atoms with Crippen molar-refractivity contribution >= 4 is 0 Å². The van der Waals surface area contributed by atoms with Crippen molar-refractivity contribution in [1.82, 2.24) is 15.1 Å². The van der Waals surface area contributed by atoms with Gasteiger partial charge in [-0.3, -0.25) is 4.68 Å². The van der Waals surface area contributed by atoms with Gasteiger partial charge in [0, 0.05) is 18.4 Å². The van der Waals surface area contributed by atoms with E-state index >= 15 is 0 Å². The van der Waals surface area contributed by atoms with Gasteiger partial charge in [-0.25, -0.2) is 0 Å². The predicted octanol–water partition coefficient (Wildman–Crippen LogP) is 3.25. The highest BCUT2D eigenvalue weighted by Gasteiger charge is 2.36. The van der Waals surface area contributed by atoms with E-state index < -0.39 is 0 Å². The summed E-state index contributed by atoms with van der Waals surface area (Å²) in [6.07, 6.45) is 7.84. The Morgan fingerprint density at radius 3 is 2.67 bits per heavy atom. The van der Waals surface area contributed by atoms with Crippen LogP contribution in [0.25, 0.3) is 0 Å². The van der Waals surface area contributed by atoms with Crippen LogP contribution in [-0.2, 0) is 0 Å². The first kappa shape index (κ1) is 13.6. The monoisotopic (exact) mass is 249 g/mol. The molecule has 1 aromatic heterocycles. The third kappa shape index (κ3) is 2.94. The molecule has 3 unspecified atom stereocenters. The Kier molecular flexibility index (Phi) is 4.10. The summed E-state index contributed by atoms with van der Waals surface area (Å²) in [5, 5.41) is 8.10. The summed E-state index contributed by atoms with van der Waals surface area (Å²) < 4.78 is 2.16. The van der Waals surface area contributed by atoms with Gasteiger partial charge < -0.3 is 5.32 Å². The van der Waals surface area contributed by atoms with E-state index in [1.807, 2.05) is 12.3 Å². The van der Waals surface area contributed by atoms with E-state index in [9.17, 15) is 0 Å². The predicted molar refractivity (Wildman–Crippen MR) is 75.5 cm³/mol. The first-order valence-corrected chi connectivity index (χ1v) is 7.25. The van der Waals surface area contributed by atoms with Crippen LogP contribution in [-0.4, -0.2) is 22.4 Å². The topological polar surface area (TPSA) is 29.9 Å². The first-order valence-electron chi connectivity index (χ1n) is 7.25. The average Bonchev–Trinajstić information content (AvgIpc) is 2.82. The van der Waals surface area contributed by atoms with Crippen molar-refractivity contribution < 1.29 is 0 Å². The van der Waals surface area contributed by atoms with Gasteiger partial charge >= 0.3 is 0 Å². The molecule has 3 atom stereocenters. The second-order valence-corrected chi connectivity index (χ2v) is 6.59. The Bertz CT molecular complexity index is 350. The number of hydrogen-bond acceptors (Lipinski definition) is 2. The molecule has 1 saturated carbocycles. The number of nitrogens with one attached hydrogen (secondary N) is 1. The quantitative estimate of drug-likeness (QED) is 0.891. The van der Waals surface area contributed by atoms with Gasteiger partial charge in [-0.05, 0) is 43.2 Å². The van der Waals surface area contributed by atoms with Gasteiger partial charge in [0.2, 0.25) is 0 Å². The first-order chi connectivity index (χ1) is 8.52. The van der Waals surface area contributed by atoms with Crippen molar-refractivity contribution in [3.63, 3.8) is 0 Å². The van der Waals surface area contributed by atoms with Crippen LogP contribution < -0.4 is 5.32 Å². The van der Waals surface area contributed by atoms with Gasteiger partial charge in [-0.1, -0.05) is 27.7 Å². The molecule has 0 radical (unpaired) electrons. The van der Waals surface area contributed by atoms with E-state index in [-0.39, 0.29) is 0 Å². The minimum Gasteiger partial charge on any atom is -0.312 e. The van der Waals surface area contributed by atoms with Crippen molar-refractivity contribution in [3.8, 4) is 0 Å². The van der Waals surface area contributed by atoms with Crippen LogP contribution in [0.5, 0.6) is 0 Å². The Labute approximate surface area is 111 Å². The van der Waals surface area contributed by atoms with Crippen LogP contribution in [0.4, 0.5) is 0 Å². The second kappa shape index (κ2) is 5.43. The van der Waals surface area contributed by atoms with Gasteiger partial charge in [0.15, 0.2) is 0 Å². The zero-order valence-electron chi connectivity index (χ0n) is 12.2. The molecule has 1 fully saturated rings. The zero-order chi connectivity index (χ0) is 13.2. The van der Waals surface area contributed by atoms with Crippen molar-refractivity contribution in [1.29, 1.82) is 0 Å². The molecule has 0 amide bonds. The molecule has 18 heavy (non-hydrogen) atoms. The van der Waals surface area contributed by atoms with Crippen molar-refractivity contribution in [2.45, 2.75) is 59.0 Å². The molecule has 0 aromatic carbocycles. The normalized spacial score (nSPS) is 29.4. The van der Waals surface area contributed by atoms with E-state index in [0.29, 0.717) is 17.5 Å². The molecule has 0 spiro atoms. The molecule has 1 aliphatic carbocycles. The summed E-state index contributed by atoms with van der Waals surface area (Å²) in [6, 6.07) is 3.12. The van der Waals surface area contributed by atoms with Crippen LogP contribution >= 0.6 is 0 Å². The second-order valence-electron chi connectivity index (χ2n) is 6.59. The van der Waals surface area contributed by atoms with Crippen molar-refractivity contribution in [3.05, 3.63) is 18.5 Å². The van der Waals surface area contributed by atoms with E-state index in [1.54, 1.807) is 0 Å². The standard InChI is InChI=1S/C15H27N3/c1-5-16-13-8-7-12(15(2,3)4)11-14(13)18-10-6-9-17-18/h6,9-10,12-14,16H,5,7-8,11H2,1-4H3. The molecule has 0 aliphatic heterocycles. The summed E-state index contributed by atoms with van der Waals surface area (Å²) in [7, 11) is 0. The minimum absolute atomic E-state index is 0.405. The molecule has 1 aliphatic rings. The molecule has 3 nitrogen and oxygen atoms in total. The molecule has 2 rings (SSSR count). The fourth-order valence-corrected chi connectivity index (χ4v) is 3.20. The maximum absolute atomic E-state index is 4.47. The molecule has 0 bridgehead atoms. The lowest BCUT2D eigenvalue weighted by Gasteiger charge is -2.42. The van der Waals surface area contributed by atoms with Crippen LogP contribution in [0.2, 0.25) is 0 Å². The highest BCUT2D eigenvalue weighted by molar-refractivity contribution is 4.93. The summed E-state index contributed by atoms with van der Waals surface area (Å²) in [6.45, 7) is 10.3. The Morgan fingerprint density at radius 2 is 2.11 bits per heavy atom. The lowest BCUT2D eigenvalue weighted by atomic mass is 9.69. The van der Waals surface area contributed by atoms with Crippen LogP contribution in [0.1, 0.15) is 53.0 Å². The van der Waals surface area contributed by atoms with Crippen molar-refractivity contribution in [2.75, 3.05) is 6.54 Å². The molecule has 1 aromatic rings. The lowest BCUT2D eigenvalue weighted by molar-refractivity contribution is 0.113. The number of aromatic nitrogens is 2. The maximum atomic E-state index is 4.47. The van der Waals surface area contributed by atoms with Gasteiger partial charge in [-0.2, -0.15) is 5.10 Å². The third-order valence-corrected chi connectivity index (χ3v) is 4.37. The lowest BCUT2D eigenvalue weighted by Crippen LogP contribution is -2.44. The zero-order valence-corrected chi connectivity index (χ0v) is 12.2. The smallest absolute Gasteiger partial charge is 0.0674 e. The fraction of sp³-hybridized carbons (Fsp3) is 0.800. The maximum Gasteiger partial charge on any atom is 0.0674 e. The number of rotatable bonds is 3. The van der Waals surface area contributed by atoms with E-state index in [4.69, 9.17) is 0 Å². The summed E-state index contributed by atoms with van der Waals surface area (Å²) >= 11 is 0. The summed E-state index contributed by atoms with van der Waals surface area (Å²) in [5.41, 5.74) is 0.405. The largest absolute Gasteiger partial charge is 0.312 e. The fourth-order valence-electron chi connectivity index (χ4n) is 3.20. The molecule has 102 valence electrons. The Hall–Kier alpha value is -0.830. The number of nitrogens with zero attached hydrogens (tertiary/aromatic N) is 2. The SMILES string of the molecule is CCNC1CCC(C(C)(C)C)CC1n1cccn1. The molecule has 1 N–H and O–H groups in total. The summed E-state index contributed by atoms with van der Waals surface area (Å²) in [5.74, 6) is 0.793. The summed E-state index contributed by atoms with van der Waals surface area (Å²) in [4.78, 5) is 0. The number of likely N-dealkylation sites (N-methyl/N-ethyl adjacent to an activating group) is 1. The van der Waals surface area contributed by atoms with E-state index in [1.165, 1.54) is 19.3 Å². The molecular formula is C15H27N3. The van der Waals surface area contributed by atoms with Crippen LogP contribution in [0.15, 0.2) is 18.5 Å². The molecule has 1 heterocycles. The molecule has 3 heteroatoms. The van der Waals surface area contributed by atoms with Crippen molar-refractivity contribution in [2.24, 2.45) is 11.3 Å². The van der Waals surface area contributed by atoms with Gasteiger partial charge in [0.25, 0.3) is 0 Å². The van der Waals surface area contributed by atoms with Gasteiger partial charge in [-0.15, -0.1) is 0 Å². The Balaban J connectivity index is 2.14. The van der Waals surface area contributed by atoms with E-state index in [2.05, 4.69) is 49.0 Å². The highest BCUT2D eigenvalue weighted by Crippen LogP contribution is 2.41.